The minimum Gasteiger partial charge on any atom is -0.395 e. The highest BCUT2D eigenvalue weighted by atomic mass is 32.2. The number of nitrogens with one attached hydrogen (secondary N) is 1. The van der Waals surface area contributed by atoms with Crippen molar-refractivity contribution in [2.24, 2.45) is 0 Å². The quantitative estimate of drug-likeness (QED) is 0.506. The number of carbonyl (C=O) groups is 1. The number of amides is 1. The fraction of sp³-hybridized carbons (Fsp3) is 0.294. The maximum absolute atomic E-state index is 12.4. The van der Waals surface area contributed by atoms with E-state index in [9.17, 15) is 20.1 Å². The second kappa shape index (κ2) is 7.24. The predicted molar refractivity (Wildman–Crippen MR) is 99.2 cm³/mol. The minimum atomic E-state index is -1.08. The molecule has 0 aliphatic carbocycles. The van der Waals surface area contributed by atoms with Crippen molar-refractivity contribution in [3.05, 3.63) is 48.5 Å². The van der Waals surface area contributed by atoms with E-state index in [4.69, 9.17) is 0 Å². The second-order valence-electron chi connectivity index (χ2n) is 6.10. The molecule has 1 fully saturated rings. The van der Waals surface area contributed by atoms with Crippen molar-refractivity contribution in [3.8, 4) is 0 Å². The molecule has 1 aliphatic heterocycles. The molecule has 0 radical (unpaired) electrons. The summed E-state index contributed by atoms with van der Waals surface area (Å²) in [6, 6.07) is 8.73. The molecule has 4 rings (SSSR count). The van der Waals surface area contributed by atoms with E-state index in [0.29, 0.717) is 16.7 Å². The maximum Gasteiger partial charge on any atom is 0.256 e. The molecule has 1 saturated heterocycles. The van der Waals surface area contributed by atoms with Crippen LogP contribution in [0.5, 0.6) is 0 Å². The predicted octanol–water partition coefficient (Wildman–Crippen LogP) is 0.407. The number of thioether (sulfide) groups is 1. The van der Waals surface area contributed by atoms with Crippen molar-refractivity contribution in [1.29, 1.82) is 0 Å². The van der Waals surface area contributed by atoms with Gasteiger partial charge in [0.2, 0.25) is 0 Å². The van der Waals surface area contributed by atoms with Crippen LogP contribution < -0.4 is 5.32 Å². The molecule has 27 heavy (non-hydrogen) atoms. The van der Waals surface area contributed by atoms with Crippen molar-refractivity contribution in [3.63, 3.8) is 0 Å². The first-order chi connectivity index (χ1) is 13.1. The summed E-state index contributed by atoms with van der Waals surface area (Å²) in [4.78, 5) is 25.0. The van der Waals surface area contributed by atoms with Gasteiger partial charge in [-0.1, -0.05) is 18.2 Å². The number of fused-ring (bicyclic) bond motifs is 1. The minimum absolute atomic E-state index is 0.251. The Morgan fingerprint density at radius 2 is 1.93 bits per heavy atom. The molecule has 4 N–H and O–H groups in total. The van der Waals surface area contributed by atoms with Crippen LogP contribution in [0, 0.1) is 0 Å². The highest BCUT2D eigenvalue weighted by Gasteiger charge is 2.43. The van der Waals surface area contributed by atoms with E-state index in [1.54, 1.807) is 28.8 Å². The summed E-state index contributed by atoms with van der Waals surface area (Å²) in [6.45, 7) is -0.251. The topological polar surface area (TPSA) is 133 Å². The van der Waals surface area contributed by atoms with Gasteiger partial charge in [0.05, 0.1) is 24.3 Å². The Bertz CT molecular complexity index is 966. The molecule has 140 valence electrons. The number of hydrogen-bond donors (Lipinski definition) is 4. The molecule has 1 aromatic carbocycles. The van der Waals surface area contributed by atoms with E-state index in [1.165, 1.54) is 24.4 Å². The fourth-order valence-corrected chi connectivity index (χ4v) is 4.38. The molecular formula is C17H17N5O4S. The lowest BCUT2D eigenvalue weighted by Gasteiger charge is -2.17. The molecule has 1 amide bonds. The lowest BCUT2D eigenvalue weighted by atomic mass is 10.1. The van der Waals surface area contributed by atoms with Gasteiger partial charge in [-0.05, 0) is 12.1 Å². The Morgan fingerprint density at radius 3 is 2.63 bits per heavy atom. The van der Waals surface area contributed by atoms with E-state index in [0.717, 1.165) is 0 Å². The standard InChI is InChI=1S/C17H17N5O4S/c23-6-10-12(24)13(25)17(27-10)22-8-20-11-14(18-7-19-15(11)22)21-16(26)9-4-2-1-3-5-9/h1-5,7-8,10,12-13,17,23-25H,6H2,(H,18,19,21,26). The summed E-state index contributed by atoms with van der Waals surface area (Å²) in [5, 5.41) is 31.4. The van der Waals surface area contributed by atoms with Crippen molar-refractivity contribution >= 4 is 34.7 Å². The van der Waals surface area contributed by atoms with Gasteiger partial charge in [-0.15, -0.1) is 11.8 Å². The zero-order valence-electron chi connectivity index (χ0n) is 14.0. The number of aliphatic hydroxyl groups is 3. The van der Waals surface area contributed by atoms with Crippen molar-refractivity contribution in [2.45, 2.75) is 22.8 Å². The zero-order chi connectivity index (χ0) is 19.0. The molecule has 10 heteroatoms. The zero-order valence-corrected chi connectivity index (χ0v) is 14.8. The lowest BCUT2D eigenvalue weighted by Crippen LogP contribution is -2.32. The van der Waals surface area contributed by atoms with E-state index < -0.39 is 22.8 Å². The molecular weight excluding hydrogens is 370 g/mol. The third-order valence-corrected chi connectivity index (χ3v) is 5.98. The number of benzene rings is 1. The van der Waals surface area contributed by atoms with Crippen molar-refractivity contribution < 1.29 is 20.1 Å². The number of carbonyl (C=O) groups excluding carboxylic acids is 1. The van der Waals surface area contributed by atoms with Gasteiger partial charge in [0.1, 0.15) is 17.8 Å². The molecule has 3 aromatic rings. The molecule has 0 saturated carbocycles. The number of aliphatic hydroxyl groups excluding tert-OH is 3. The van der Waals surface area contributed by atoms with Crippen LogP contribution in [0.15, 0.2) is 43.0 Å². The molecule has 9 nitrogen and oxygen atoms in total. The van der Waals surface area contributed by atoms with Crippen molar-refractivity contribution in [1.82, 2.24) is 19.5 Å². The average molecular weight is 387 g/mol. The van der Waals surface area contributed by atoms with Gasteiger partial charge in [-0.25, -0.2) is 15.0 Å². The average Bonchev–Trinajstić information content (AvgIpc) is 3.25. The van der Waals surface area contributed by atoms with Gasteiger partial charge in [0.25, 0.3) is 5.91 Å². The van der Waals surface area contributed by atoms with Gasteiger partial charge in [-0.3, -0.25) is 9.36 Å². The molecule has 0 bridgehead atoms. The Labute approximate surface area is 158 Å². The fourth-order valence-electron chi connectivity index (χ4n) is 3.01. The number of hydrogen-bond acceptors (Lipinski definition) is 8. The monoisotopic (exact) mass is 387 g/mol. The second-order valence-corrected chi connectivity index (χ2v) is 7.46. The molecule has 3 heterocycles. The van der Waals surface area contributed by atoms with Crippen LogP contribution in [-0.2, 0) is 0 Å². The maximum atomic E-state index is 12.4. The third kappa shape index (κ3) is 3.16. The van der Waals surface area contributed by atoms with Crippen LogP contribution in [-0.4, -0.2) is 64.8 Å². The van der Waals surface area contributed by atoms with Crippen LogP contribution >= 0.6 is 11.8 Å². The molecule has 0 spiro atoms. The SMILES string of the molecule is O=C(Nc1ncnc2c1ncn2C1SC(CO)C(O)C1O)c1ccccc1. The van der Waals surface area contributed by atoms with Crippen LogP contribution in [0.3, 0.4) is 0 Å². The van der Waals surface area contributed by atoms with E-state index in [-0.39, 0.29) is 18.3 Å². The van der Waals surface area contributed by atoms with Gasteiger partial charge >= 0.3 is 0 Å². The summed E-state index contributed by atoms with van der Waals surface area (Å²) in [7, 11) is 0. The molecule has 1 aliphatic rings. The van der Waals surface area contributed by atoms with Gasteiger partial charge < -0.3 is 20.6 Å². The first kappa shape index (κ1) is 17.9. The van der Waals surface area contributed by atoms with Crippen LogP contribution in [0.25, 0.3) is 11.2 Å². The third-order valence-electron chi connectivity index (χ3n) is 4.42. The smallest absolute Gasteiger partial charge is 0.256 e. The van der Waals surface area contributed by atoms with Crippen LogP contribution in [0.1, 0.15) is 15.7 Å². The van der Waals surface area contributed by atoms with E-state index >= 15 is 0 Å². The number of rotatable bonds is 4. The Morgan fingerprint density at radius 1 is 1.15 bits per heavy atom. The number of imidazole rings is 1. The Balaban J connectivity index is 1.65. The molecule has 4 unspecified atom stereocenters. The Kier molecular flexibility index (Phi) is 4.79. The summed E-state index contributed by atoms with van der Waals surface area (Å²) in [5.74, 6) is -0.0689. The lowest BCUT2D eigenvalue weighted by molar-refractivity contribution is 0.0113. The number of anilines is 1. The number of nitrogens with zero attached hydrogens (tertiary/aromatic N) is 4. The first-order valence-corrected chi connectivity index (χ1v) is 9.21. The first-order valence-electron chi connectivity index (χ1n) is 8.26. The summed E-state index contributed by atoms with van der Waals surface area (Å²) in [5.41, 5.74) is 1.27. The van der Waals surface area contributed by atoms with E-state index in [1.807, 2.05) is 6.07 Å². The van der Waals surface area contributed by atoms with Crippen molar-refractivity contribution in [2.75, 3.05) is 11.9 Å². The summed E-state index contributed by atoms with van der Waals surface area (Å²) < 4.78 is 1.61. The Hall–Kier alpha value is -2.53. The molecule has 2 aromatic heterocycles. The van der Waals surface area contributed by atoms with Gasteiger partial charge in [-0.2, -0.15) is 0 Å². The largest absolute Gasteiger partial charge is 0.395 e. The van der Waals surface area contributed by atoms with Crippen LogP contribution in [0.2, 0.25) is 0 Å². The van der Waals surface area contributed by atoms with Gasteiger partial charge in [0, 0.05) is 5.56 Å². The highest BCUT2D eigenvalue weighted by Crippen LogP contribution is 2.42. The normalized spacial score (nSPS) is 25.0. The number of aromatic nitrogens is 4. The summed E-state index contributed by atoms with van der Waals surface area (Å²) in [6.07, 6.45) is 0.640. The summed E-state index contributed by atoms with van der Waals surface area (Å²) >= 11 is 1.24. The highest BCUT2D eigenvalue weighted by molar-refractivity contribution is 8.00. The van der Waals surface area contributed by atoms with Gasteiger partial charge in [0.15, 0.2) is 17.0 Å². The molecule has 4 atom stereocenters. The van der Waals surface area contributed by atoms with Crippen LogP contribution in [0.4, 0.5) is 5.82 Å². The van der Waals surface area contributed by atoms with E-state index in [2.05, 4.69) is 20.3 Å².